The number of para-hydroxylation sites is 1. The number of likely N-dealkylation sites (N-methyl/N-ethyl adjacent to an activating group) is 1. The maximum absolute atomic E-state index is 13.4. The normalized spacial score (nSPS) is 20.2. The summed E-state index contributed by atoms with van der Waals surface area (Å²) in [5.41, 5.74) is 2.97. The van der Waals surface area contributed by atoms with Crippen LogP contribution >= 0.6 is 0 Å². The van der Waals surface area contributed by atoms with Gasteiger partial charge in [-0.15, -0.1) is 0 Å². The smallest absolute Gasteiger partial charge is 0.266 e. The van der Waals surface area contributed by atoms with Gasteiger partial charge in [-0.3, -0.25) is 19.4 Å². The topological polar surface area (TPSA) is 63.2 Å². The Morgan fingerprint density at radius 1 is 0.844 bits per heavy atom. The third-order valence-corrected chi connectivity index (χ3v) is 6.70. The highest BCUT2D eigenvalue weighted by Gasteiger charge is 2.41. The number of amides is 2. The second kappa shape index (κ2) is 8.52. The van der Waals surface area contributed by atoms with Crippen LogP contribution in [0.25, 0.3) is 0 Å². The van der Waals surface area contributed by atoms with E-state index in [1.807, 2.05) is 13.0 Å². The minimum atomic E-state index is -0.211. The molecule has 0 aliphatic carbocycles. The predicted molar refractivity (Wildman–Crippen MR) is 124 cm³/mol. The molecule has 32 heavy (non-hydrogen) atoms. The number of carbonyl (C=O) groups is 2. The monoisotopic (exact) mass is 434 g/mol. The van der Waals surface area contributed by atoms with Crippen molar-refractivity contribution >= 4 is 23.3 Å². The number of pyridine rings is 1. The second-order valence-corrected chi connectivity index (χ2v) is 8.92. The third kappa shape index (κ3) is 3.84. The maximum Gasteiger partial charge on any atom is 0.266 e. The van der Waals surface area contributed by atoms with E-state index >= 15 is 0 Å². The van der Waals surface area contributed by atoms with E-state index in [4.69, 9.17) is 4.98 Å². The fourth-order valence-corrected chi connectivity index (χ4v) is 4.77. The fourth-order valence-electron chi connectivity index (χ4n) is 4.77. The Kier molecular flexibility index (Phi) is 5.57. The Morgan fingerprint density at radius 3 is 2.19 bits per heavy atom. The molecule has 8 heteroatoms. The van der Waals surface area contributed by atoms with Crippen LogP contribution in [0.4, 0.5) is 11.5 Å². The van der Waals surface area contributed by atoms with Gasteiger partial charge in [0.15, 0.2) is 0 Å². The lowest BCUT2D eigenvalue weighted by atomic mass is 10.1. The fraction of sp³-hybridized carbons (Fsp3) is 0.458. The first-order valence-corrected chi connectivity index (χ1v) is 11.3. The molecule has 0 atom stereocenters. The molecule has 0 radical (unpaired) electrons. The van der Waals surface area contributed by atoms with E-state index in [1.165, 1.54) is 10.6 Å². The molecule has 0 bridgehead atoms. The van der Waals surface area contributed by atoms with E-state index in [0.717, 1.165) is 58.1 Å². The van der Waals surface area contributed by atoms with Gasteiger partial charge in [0.2, 0.25) is 0 Å². The van der Waals surface area contributed by atoms with Crippen LogP contribution in [0.1, 0.15) is 26.4 Å². The average Bonchev–Trinajstić information content (AvgIpc) is 3.05. The van der Waals surface area contributed by atoms with Gasteiger partial charge in [-0.05, 0) is 32.2 Å². The summed E-state index contributed by atoms with van der Waals surface area (Å²) in [6, 6.07) is 12.1. The molecule has 0 spiro atoms. The standard InChI is InChI=1S/C24H30N6O2/c1-18-16-20-21(22(25-18)29-12-8-26(2)9-13-29)24(32)30(23(20)31)17-27-10-14-28(15-11-27)19-6-4-3-5-7-19/h3-7,16H,8-15,17H2,1-2H3. The van der Waals surface area contributed by atoms with Crippen LogP contribution in [0.2, 0.25) is 0 Å². The second-order valence-electron chi connectivity index (χ2n) is 8.92. The molecule has 0 saturated carbocycles. The van der Waals surface area contributed by atoms with Crippen LogP contribution in [-0.4, -0.2) is 97.6 Å². The van der Waals surface area contributed by atoms with Crippen molar-refractivity contribution in [2.24, 2.45) is 0 Å². The summed E-state index contributed by atoms with van der Waals surface area (Å²) in [5.74, 6) is 0.260. The molecule has 3 aliphatic rings. The van der Waals surface area contributed by atoms with Gasteiger partial charge in [-0.1, -0.05) is 18.2 Å². The van der Waals surface area contributed by atoms with Crippen LogP contribution in [0.15, 0.2) is 36.4 Å². The summed E-state index contributed by atoms with van der Waals surface area (Å²) >= 11 is 0. The number of rotatable bonds is 4. The number of fused-ring (bicyclic) bond motifs is 1. The first kappa shape index (κ1) is 20.9. The lowest BCUT2D eigenvalue weighted by Crippen LogP contribution is -2.51. The number of nitrogens with zero attached hydrogens (tertiary/aromatic N) is 6. The van der Waals surface area contributed by atoms with Gasteiger partial charge in [-0.25, -0.2) is 4.98 Å². The van der Waals surface area contributed by atoms with Gasteiger partial charge in [-0.2, -0.15) is 0 Å². The summed E-state index contributed by atoms with van der Waals surface area (Å²) in [6.07, 6.45) is 0. The third-order valence-electron chi connectivity index (χ3n) is 6.70. The highest BCUT2D eigenvalue weighted by molar-refractivity contribution is 6.23. The highest BCUT2D eigenvalue weighted by atomic mass is 16.2. The number of anilines is 2. The Hall–Kier alpha value is -2.97. The quantitative estimate of drug-likeness (QED) is 0.676. The van der Waals surface area contributed by atoms with Gasteiger partial charge in [0.1, 0.15) is 5.82 Å². The van der Waals surface area contributed by atoms with Crippen molar-refractivity contribution in [2.45, 2.75) is 6.92 Å². The highest BCUT2D eigenvalue weighted by Crippen LogP contribution is 2.32. The molecule has 2 aromatic rings. The lowest BCUT2D eigenvalue weighted by molar-refractivity contribution is 0.0535. The van der Waals surface area contributed by atoms with Crippen molar-refractivity contribution in [3.63, 3.8) is 0 Å². The average molecular weight is 435 g/mol. The number of hydrogen-bond acceptors (Lipinski definition) is 7. The lowest BCUT2D eigenvalue weighted by Gasteiger charge is -2.37. The van der Waals surface area contributed by atoms with Crippen LogP contribution in [0.3, 0.4) is 0 Å². The van der Waals surface area contributed by atoms with E-state index in [2.05, 4.69) is 50.9 Å². The SMILES string of the molecule is Cc1cc2c(c(N3CCN(C)CC3)n1)C(=O)N(CN1CCN(c3ccccc3)CC1)C2=O. The van der Waals surface area contributed by atoms with Crippen LogP contribution in [0, 0.1) is 6.92 Å². The van der Waals surface area contributed by atoms with Crippen molar-refractivity contribution in [3.05, 3.63) is 53.2 Å². The molecule has 168 valence electrons. The minimum Gasteiger partial charge on any atom is -0.369 e. The molecule has 2 fully saturated rings. The van der Waals surface area contributed by atoms with Crippen molar-refractivity contribution < 1.29 is 9.59 Å². The number of carbonyl (C=O) groups excluding carboxylic acids is 2. The first-order valence-electron chi connectivity index (χ1n) is 11.3. The molecule has 5 rings (SSSR count). The number of aryl methyl sites for hydroxylation is 1. The molecule has 0 unspecified atom stereocenters. The molecule has 1 aromatic carbocycles. The summed E-state index contributed by atoms with van der Waals surface area (Å²) in [4.78, 5) is 41.7. The predicted octanol–water partition coefficient (Wildman–Crippen LogP) is 1.52. The van der Waals surface area contributed by atoms with Gasteiger partial charge < -0.3 is 14.7 Å². The Morgan fingerprint density at radius 2 is 1.50 bits per heavy atom. The minimum absolute atomic E-state index is 0.198. The number of imide groups is 1. The van der Waals surface area contributed by atoms with E-state index in [1.54, 1.807) is 6.07 Å². The number of hydrogen-bond donors (Lipinski definition) is 0. The van der Waals surface area contributed by atoms with Gasteiger partial charge in [0.25, 0.3) is 11.8 Å². The maximum atomic E-state index is 13.4. The Balaban J connectivity index is 1.31. The van der Waals surface area contributed by atoms with Crippen molar-refractivity contribution in [1.82, 2.24) is 19.7 Å². The first-order chi connectivity index (χ1) is 15.5. The zero-order chi connectivity index (χ0) is 22.2. The molecular formula is C24H30N6O2. The number of piperazine rings is 2. The van der Waals surface area contributed by atoms with Crippen molar-refractivity contribution in [3.8, 4) is 0 Å². The molecule has 1 aromatic heterocycles. The summed E-state index contributed by atoms with van der Waals surface area (Å²) in [7, 11) is 2.10. The summed E-state index contributed by atoms with van der Waals surface area (Å²) in [6.45, 7) is 9.05. The van der Waals surface area contributed by atoms with Crippen LogP contribution in [-0.2, 0) is 0 Å². The number of aromatic nitrogens is 1. The van der Waals surface area contributed by atoms with Gasteiger partial charge in [0.05, 0.1) is 17.8 Å². The summed E-state index contributed by atoms with van der Waals surface area (Å²) < 4.78 is 0. The van der Waals surface area contributed by atoms with Crippen LogP contribution in [0.5, 0.6) is 0 Å². The zero-order valence-electron chi connectivity index (χ0n) is 18.8. The van der Waals surface area contributed by atoms with E-state index in [-0.39, 0.29) is 11.8 Å². The van der Waals surface area contributed by atoms with Crippen LogP contribution < -0.4 is 9.80 Å². The molecule has 2 saturated heterocycles. The largest absolute Gasteiger partial charge is 0.369 e. The van der Waals surface area contributed by atoms with E-state index in [9.17, 15) is 9.59 Å². The van der Waals surface area contributed by atoms with Crippen molar-refractivity contribution in [1.29, 1.82) is 0 Å². The molecule has 8 nitrogen and oxygen atoms in total. The van der Waals surface area contributed by atoms with Crippen molar-refractivity contribution in [2.75, 3.05) is 75.9 Å². The zero-order valence-corrected chi connectivity index (χ0v) is 18.8. The molecular weight excluding hydrogens is 404 g/mol. The molecule has 4 heterocycles. The molecule has 2 amide bonds. The van der Waals surface area contributed by atoms with Gasteiger partial charge in [0, 0.05) is 63.7 Å². The number of benzene rings is 1. The molecule has 3 aliphatic heterocycles. The van der Waals surface area contributed by atoms with E-state index in [0.29, 0.717) is 23.6 Å². The van der Waals surface area contributed by atoms with Gasteiger partial charge >= 0.3 is 0 Å². The summed E-state index contributed by atoms with van der Waals surface area (Å²) in [5, 5.41) is 0. The Bertz CT molecular complexity index is 1010. The van der Waals surface area contributed by atoms with E-state index < -0.39 is 0 Å². The Labute approximate surface area is 189 Å². The molecule has 0 N–H and O–H groups in total.